The first-order valence-electron chi connectivity index (χ1n) is 8.96. The predicted molar refractivity (Wildman–Crippen MR) is 103 cm³/mol. The maximum atomic E-state index is 12.6. The summed E-state index contributed by atoms with van der Waals surface area (Å²) in [7, 11) is 0. The summed E-state index contributed by atoms with van der Waals surface area (Å²) < 4.78 is 13.1. The molecule has 2 heterocycles. The van der Waals surface area contributed by atoms with Crippen molar-refractivity contribution in [3.05, 3.63) is 59.8 Å². The normalized spacial score (nSPS) is 11.9. The van der Waals surface area contributed by atoms with Crippen LogP contribution in [0.2, 0.25) is 0 Å². The van der Waals surface area contributed by atoms with Gasteiger partial charge in [0.25, 0.3) is 0 Å². The number of anilines is 1. The zero-order chi connectivity index (χ0) is 18.8. The lowest BCUT2D eigenvalue weighted by atomic mass is 10.0. The highest BCUT2D eigenvalue weighted by molar-refractivity contribution is 5.92. The first-order chi connectivity index (χ1) is 13.2. The third-order valence-corrected chi connectivity index (χ3v) is 4.44. The van der Waals surface area contributed by atoms with Crippen molar-refractivity contribution in [1.29, 1.82) is 0 Å². The van der Waals surface area contributed by atoms with Gasteiger partial charge in [0.05, 0.1) is 24.2 Å². The van der Waals surface area contributed by atoms with Crippen molar-refractivity contribution in [3.63, 3.8) is 0 Å². The lowest BCUT2D eigenvalue weighted by Crippen LogP contribution is -2.21. The van der Waals surface area contributed by atoms with Gasteiger partial charge in [-0.2, -0.15) is 5.10 Å². The fraction of sp³-hybridized carbons (Fsp3) is 0.238. The van der Waals surface area contributed by atoms with E-state index < -0.39 is 0 Å². The Bertz CT molecular complexity index is 994. The van der Waals surface area contributed by atoms with E-state index in [1.807, 2.05) is 50.2 Å². The Morgan fingerprint density at radius 1 is 1.30 bits per heavy atom. The van der Waals surface area contributed by atoms with Crippen LogP contribution in [0.5, 0.6) is 11.5 Å². The van der Waals surface area contributed by atoms with E-state index in [4.69, 9.17) is 9.47 Å². The molecule has 27 heavy (non-hydrogen) atoms. The summed E-state index contributed by atoms with van der Waals surface area (Å²) >= 11 is 0. The lowest BCUT2D eigenvalue weighted by Gasteiger charge is -2.20. The highest BCUT2D eigenvalue weighted by Gasteiger charge is 2.23. The van der Waals surface area contributed by atoms with Crippen molar-refractivity contribution < 1.29 is 14.3 Å². The Balaban J connectivity index is 1.59. The number of nitrogens with zero attached hydrogens (tertiary/aromatic N) is 2. The zero-order valence-electron chi connectivity index (χ0n) is 15.4. The second-order valence-corrected chi connectivity index (χ2v) is 6.44. The molecule has 0 atom stereocenters. The number of ether oxygens (including phenoxy) is 2. The summed E-state index contributed by atoms with van der Waals surface area (Å²) in [6.45, 7) is 5.06. The van der Waals surface area contributed by atoms with Gasteiger partial charge in [0.1, 0.15) is 24.7 Å². The second-order valence-electron chi connectivity index (χ2n) is 6.44. The van der Waals surface area contributed by atoms with Crippen molar-refractivity contribution in [1.82, 2.24) is 9.78 Å². The molecule has 1 aliphatic heterocycles. The number of rotatable bonds is 5. The quantitative estimate of drug-likeness (QED) is 0.749. The van der Waals surface area contributed by atoms with Gasteiger partial charge < -0.3 is 14.8 Å². The molecule has 6 nitrogen and oxygen atoms in total. The highest BCUT2D eigenvalue weighted by Crippen LogP contribution is 2.38. The third kappa shape index (κ3) is 3.38. The fourth-order valence-electron chi connectivity index (χ4n) is 3.25. The van der Waals surface area contributed by atoms with Crippen LogP contribution in [0.1, 0.15) is 18.1 Å². The molecule has 1 aliphatic rings. The molecule has 138 valence electrons. The fourth-order valence-corrected chi connectivity index (χ4v) is 3.25. The Labute approximate surface area is 157 Å². The molecule has 6 heteroatoms. The van der Waals surface area contributed by atoms with E-state index >= 15 is 0 Å². The van der Waals surface area contributed by atoms with Crippen molar-refractivity contribution in [2.75, 3.05) is 11.9 Å². The van der Waals surface area contributed by atoms with E-state index in [0.29, 0.717) is 24.7 Å². The molecule has 3 aromatic rings. The number of amides is 1. The maximum Gasteiger partial charge on any atom is 0.246 e. The molecule has 0 fully saturated rings. The number of fused-ring (bicyclic) bond motifs is 3. The molecule has 0 bridgehead atoms. The third-order valence-electron chi connectivity index (χ3n) is 4.44. The lowest BCUT2D eigenvalue weighted by molar-refractivity contribution is -0.116. The number of benzene rings is 2. The molecule has 0 radical (unpaired) electrons. The molecule has 2 aromatic carbocycles. The van der Waals surface area contributed by atoms with Gasteiger partial charge in [-0.05, 0) is 38.1 Å². The van der Waals surface area contributed by atoms with Crippen LogP contribution in [-0.4, -0.2) is 22.3 Å². The molecule has 1 aromatic heterocycles. The molecular formula is C21H21N3O3. The number of nitrogens with one attached hydrogen (secondary N) is 1. The van der Waals surface area contributed by atoms with E-state index in [1.54, 1.807) is 10.9 Å². The second kappa shape index (κ2) is 7.15. The molecule has 0 saturated heterocycles. The first kappa shape index (κ1) is 17.1. The number of aromatic nitrogens is 2. The van der Waals surface area contributed by atoms with Gasteiger partial charge in [-0.1, -0.05) is 23.8 Å². The monoisotopic (exact) mass is 363 g/mol. The number of carbonyl (C=O) groups is 1. The van der Waals surface area contributed by atoms with Gasteiger partial charge >= 0.3 is 0 Å². The van der Waals surface area contributed by atoms with Crippen molar-refractivity contribution in [2.24, 2.45) is 0 Å². The molecule has 1 amide bonds. The van der Waals surface area contributed by atoms with E-state index in [2.05, 4.69) is 16.5 Å². The smallest absolute Gasteiger partial charge is 0.246 e. The molecule has 1 N–H and O–H groups in total. The SMILES string of the molecule is CCOc1ccccc1NC(=O)Cn1ncc2c1-c1cc(C)ccc1OC2. The standard InChI is InChI=1S/C21H21N3O3/c1-3-26-19-7-5-4-6-17(19)23-20(25)12-24-21-15(11-22-24)13-27-18-9-8-14(2)10-16(18)21/h4-11H,3,12-13H2,1-2H3,(H,23,25). The van der Waals surface area contributed by atoms with Crippen LogP contribution in [-0.2, 0) is 17.9 Å². The topological polar surface area (TPSA) is 65.4 Å². The van der Waals surface area contributed by atoms with Crippen molar-refractivity contribution in [3.8, 4) is 22.8 Å². The average molecular weight is 363 g/mol. The number of hydrogen-bond acceptors (Lipinski definition) is 4. The van der Waals surface area contributed by atoms with Gasteiger partial charge in [-0.15, -0.1) is 0 Å². The van der Waals surface area contributed by atoms with Crippen molar-refractivity contribution >= 4 is 11.6 Å². The first-order valence-corrected chi connectivity index (χ1v) is 8.96. The number of carbonyl (C=O) groups excluding carboxylic acids is 1. The molecular weight excluding hydrogens is 342 g/mol. The van der Waals surface area contributed by atoms with E-state index in [0.717, 1.165) is 28.1 Å². The van der Waals surface area contributed by atoms with Crippen LogP contribution in [0, 0.1) is 6.92 Å². The summed E-state index contributed by atoms with van der Waals surface area (Å²) in [5, 5.41) is 7.33. The minimum Gasteiger partial charge on any atom is -0.492 e. The van der Waals surface area contributed by atoms with Crippen LogP contribution in [0.25, 0.3) is 11.3 Å². The van der Waals surface area contributed by atoms with Crippen LogP contribution in [0.15, 0.2) is 48.7 Å². The Hall–Kier alpha value is -3.28. The van der Waals surface area contributed by atoms with E-state index in [-0.39, 0.29) is 12.5 Å². The summed E-state index contributed by atoms with van der Waals surface area (Å²) in [4.78, 5) is 12.6. The number of hydrogen-bond donors (Lipinski definition) is 1. The van der Waals surface area contributed by atoms with Gasteiger partial charge in [0.15, 0.2) is 0 Å². The van der Waals surface area contributed by atoms with Gasteiger partial charge in [-0.25, -0.2) is 0 Å². The van der Waals surface area contributed by atoms with Crippen LogP contribution in [0.3, 0.4) is 0 Å². The predicted octanol–water partition coefficient (Wildman–Crippen LogP) is 3.79. The summed E-state index contributed by atoms with van der Waals surface area (Å²) in [6, 6.07) is 13.5. The van der Waals surface area contributed by atoms with Crippen LogP contribution in [0.4, 0.5) is 5.69 Å². The highest BCUT2D eigenvalue weighted by atomic mass is 16.5. The summed E-state index contributed by atoms with van der Waals surface area (Å²) in [5.41, 5.74) is 4.68. The Morgan fingerprint density at radius 2 is 2.15 bits per heavy atom. The Kier molecular flexibility index (Phi) is 4.54. The molecule has 4 rings (SSSR count). The minimum absolute atomic E-state index is 0.114. The maximum absolute atomic E-state index is 12.6. The largest absolute Gasteiger partial charge is 0.492 e. The van der Waals surface area contributed by atoms with Gasteiger partial charge in [0.2, 0.25) is 5.91 Å². The van der Waals surface area contributed by atoms with Gasteiger partial charge in [0, 0.05) is 11.1 Å². The molecule has 0 aliphatic carbocycles. The molecule has 0 saturated carbocycles. The summed E-state index contributed by atoms with van der Waals surface area (Å²) in [5.74, 6) is 1.32. The van der Waals surface area contributed by atoms with Crippen molar-refractivity contribution in [2.45, 2.75) is 27.0 Å². The minimum atomic E-state index is -0.159. The Morgan fingerprint density at radius 3 is 3.00 bits per heavy atom. The average Bonchev–Trinajstić information content (AvgIpc) is 3.06. The van der Waals surface area contributed by atoms with E-state index in [9.17, 15) is 4.79 Å². The van der Waals surface area contributed by atoms with Crippen LogP contribution < -0.4 is 14.8 Å². The summed E-state index contributed by atoms with van der Waals surface area (Å²) in [6.07, 6.45) is 1.77. The van der Waals surface area contributed by atoms with E-state index in [1.165, 1.54) is 0 Å². The van der Waals surface area contributed by atoms with Gasteiger partial charge in [-0.3, -0.25) is 9.48 Å². The number of aryl methyl sites for hydroxylation is 1. The number of para-hydroxylation sites is 2. The van der Waals surface area contributed by atoms with Crippen LogP contribution >= 0.6 is 0 Å². The zero-order valence-corrected chi connectivity index (χ0v) is 15.4. The molecule has 0 unspecified atom stereocenters. The molecule has 0 spiro atoms.